The monoisotopic (exact) mass is 396 g/mol. The second-order valence-electron chi connectivity index (χ2n) is 7.04. The molecule has 2 N–H and O–H groups in total. The highest BCUT2D eigenvalue weighted by Gasteiger charge is 2.27. The van der Waals surface area contributed by atoms with Gasteiger partial charge < -0.3 is 15.2 Å². The van der Waals surface area contributed by atoms with Crippen molar-refractivity contribution in [2.45, 2.75) is 19.4 Å². The Kier molecular flexibility index (Phi) is 5.30. The number of rotatable bonds is 4. The lowest BCUT2D eigenvalue weighted by Gasteiger charge is -2.32. The lowest BCUT2D eigenvalue weighted by molar-refractivity contribution is -0.125. The molecule has 2 heterocycles. The average molecular weight is 397 g/mol. The minimum absolute atomic E-state index is 0.0121. The number of hydrogen-bond donors (Lipinski definition) is 2. The van der Waals surface area contributed by atoms with E-state index in [2.05, 4.69) is 15.3 Å². The number of aromatic amines is 1. The predicted molar refractivity (Wildman–Crippen MR) is 111 cm³/mol. The first-order valence-electron chi connectivity index (χ1n) is 9.36. The highest BCUT2D eigenvalue weighted by Crippen LogP contribution is 2.21. The number of carbonyl (C=O) groups is 1. The van der Waals surface area contributed by atoms with E-state index in [0.29, 0.717) is 36.0 Å². The van der Waals surface area contributed by atoms with Crippen LogP contribution in [-0.2, 0) is 11.3 Å². The highest BCUT2D eigenvalue weighted by molar-refractivity contribution is 6.30. The van der Waals surface area contributed by atoms with Gasteiger partial charge in [-0.2, -0.15) is 0 Å². The Bertz CT molecular complexity index is 1070. The number of fused-ring (bicyclic) bond motifs is 1. The van der Waals surface area contributed by atoms with Crippen molar-refractivity contribution in [1.82, 2.24) is 15.3 Å². The van der Waals surface area contributed by atoms with Gasteiger partial charge in [0.25, 0.3) is 5.56 Å². The molecule has 4 rings (SSSR count). The van der Waals surface area contributed by atoms with Crippen LogP contribution < -0.4 is 15.8 Å². The highest BCUT2D eigenvalue weighted by atomic mass is 35.5. The fourth-order valence-corrected chi connectivity index (χ4v) is 3.81. The van der Waals surface area contributed by atoms with Gasteiger partial charge in [0.2, 0.25) is 5.91 Å². The molecule has 2 aromatic carbocycles. The van der Waals surface area contributed by atoms with Crippen LogP contribution in [0.4, 0.5) is 5.82 Å². The molecule has 0 radical (unpaired) electrons. The van der Waals surface area contributed by atoms with Crippen LogP contribution in [0.15, 0.2) is 53.3 Å². The molecule has 1 amide bonds. The van der Waals surface area contributed by atoms with Crippen molar-refractivity contribution in [3.05, 3.63) is 69.5 Å². The van der Waals surface area contributed by atoms with Crippen molar-refractivity contribution >= 4 is 34.4 Å². The van der Waals surface area contributed by atoms with E-state index in [1.165, 1.54) is 0 Å². The Morgan fingerprint density at radius 2 is 2.11 bits per heavy atom. The third-order valence-electron chi connectivity index (χ3n) is 5.03. The molecule has 28 heavy (non-hydrogen) atoms. The Labute approximate surface area is 167 Å². The normalized spacial score (nSPS) is 16.9. The van der Waals surface area contributed by atoms with E-state index in [9.17, 15) is 9.59 Å². The fourth-order valence-electron chi connectivity index (χ4n) is 3.60. The Hall–Kier alpha value is -2.86. The van der Waals surface area contributed by atoms with Crippen LogP contribution in [-0.4, -0.2) is 29.0 Å². The number of carbonyl (C=O) groups excluding carboxylic acids is 1. The van der Waals surface area contributed by atoms with Crippen molar-refractivity contribution in [2.24, 2.45) is 5.92 Å². The molecule has 3 aromatic rings. The standard InChI is InChI=1S/C21H21ClN4O2/c22-16-7-3-5-14(11-16)12-23-20(27)15-6-4-10-26(13-15)19-21(28)25-18-9-2-1-8-17(18)24-19/h1-3,5,7-9,11,15H,4,6,10,12-13H2,(H,23,27)(H,25,28)/t15-/m0/s1. The molecule has 1 aliphatic rings. The SMILES string of the molecule is O=C(NCc1cccc(Cl)c1)[C@H]1CCCN(c2nc3ccccc3[nH]c2=O)C1. The quantitative estimate of drug-likeness (QED) is 0.710. The predicted octanol–water partition coefficient (Wildman–Crippen LogP) is 3.11. The fraction of sp³-hybridized carbons (Fsp3) is 0.286. The Morgan fingerprint density at radius 1 is 1.25 bits per heavy atom. The maximum absolute atomic E-state index is 12.7. The molecule has 0 saturated carbocycles. The van der Waals surface area contributed by atoms with Crippen molar-refractivity contribution in [2.75, 3.05) is 18.0 Å². The van der Waals surface area contributed by atoms with Crippen LogP contribution in [0.1, 0.15) is 18.4 Å². The maximum Gasteiger partial charge on any atom is 0.291 e. The molecule has 1 aliphatic heterocycles. The number of piperidine rings is 1. The smallest absolute Gasteiger partial charge is 0.291 e. The van der Waals surface area contributed by atoms with Crippen LogP contribution in [0.25, 0.3) is 11.0 Å². The second-order valence-corrected chi connectivity index (χ2v) is 7.48. The largest absolute Gasteiger partial charge is 0.352 e. The number of benzene rings is 2. The third kappa shape index (κ3) is 4.02. The molecule has 1 aromatic heterocycles. The van der Waals surface area contributed by atoms with Gasteiger partial charge in [-0.1, -0.05) is 35.9 Å². The van der Waals surface area contributed by atoms with Gasteiger partial charge in [0.05, 0.1) is 17.0 Å². The summed E-state index contributed by atoms with van der Waals surface area (Å²) in [6, 6.07) is 14.9. The van der Waals surface area contributed by atoms with Gasteiger partial charge in [-0.05, 0) is 42.7 Å². The minimum Gasteiger partial charge on any atom is -0.352 e. The molecule has 1 saturated heterocycles. The van der Waals surface area contributed by atoms with Gasteiger partial charge >= 0.3 is 0 Å². The number of halogens is 1. The zero-order valence-corrected chi connectivity index (χ0v) is 16.1. The average Bonchev–Trinajstić information content (AvgIpc) is 2.71. The Morgan fingerprint density at radius 3 is 2.96 bits per heavy atom. The lowest BCUT2D eigenvalue weighted by atomic mass is 9.97. The third-order valence-corrected chi connectivity index (χ3v) is 5.26. The van der Waals surface area contributed by atoms with Crippen LogP contribution in [0.2, 0.25) is 5.02 Å². The molecule has 6 nitrogen and oxygen atoms in total. The summed E-state index contributed by atoms with van der Waals surface area (Å²) in [7, 11) is 0. The van der Waals surface area contributed by atoms with Crippen molar-refractivity contribution < 1.29 is 4.79 Å². The first-order valence-corrected chi connectivity index (χ1v) is 9.74. The second kappa shape index (κ2) is 8.02. The summed E-state index contributed by atoms with van der Waals surface area (Å²) in [4.78, 5) is 34.5. The molecule has 0 aliphatic carbocycles. The number of anilines is 1. The number of aromatic nitrogens is 2. The number of amides is 1. The number of para-hydroxylation sites is 2. The molecule has 1 fully saturated rings. The van der Waals surface area contributed by atoms with E-state index in [1.807, 2.05) is 47.4 Å². The summed E-state index contributed by atoms with van der Waals surface area (Å²) in [6.45, 7) is 1.63. The van der Waals surface area contributed by atoms with Gasteiger partial charge in [-0.3, -0.25) is 9.59 Å². The van der Waals surface area contributed by atoms with E-state index in [4.69, 9.17) is 11.6 Å². The van der Waals surface area contributed by atoms with E-state index in [-0.39, 0.29) is 17.4 Å². The van der Waals surface area contributed by atoms with Crippen LogP contribution >= 0.6 is 11.6 Å². The summed E-state index contributed by atoms with van der Waals surface area (Å²) in [5.41, 5.74) is 2.19. The van der Waals surface area contributed by atoms with Crippen LogP contribution in [0.3, 0.4) is 0 Å². The zero-order chi connectivity index (χ0) is 19.5. The van der Waals surface area contributed by atoms with Crippen molar-refractivity contribution in [3.63, 3.8) is 0 Å². The van der Waals surface area contributed by atoms with Crippen LogP contribution in [0.5, 0.6) is 0 Å². The van der Waals surface area contributed by atoms with Gasteiger partial charge in [0.15, 0.2) is 5.82 Å². The molecular formula is C21H21ClN4O2. The molecule has 0 spiro atoms. The first kappa shape index (κ1) is 18.5. The summed E-state index contributed by atoms with van der Waals surface area (Å²) in [6.07, 6.45) is 1.63. The summed E-state index contributed by atoms with van der Waals surface area (Å²) in [5.74, 6) is 0.188. The van der Waals surface area contributed by atoms with Gasteiger partial charge in [-0.15, -0.1) is 0 Å². The molecule has 144 valence electrons. The summed E-state index contributed by atoms with van der Waals surface area (Å²) < 4.78 is 0. The lowest BCUT2D eigenvalue weighted by Crippen LogP contribution is -2.44. The molecule has 7 heteroatoms. The van der Waals surface area contributed by atoms with Crippen molar-refractivity contribution in [1.29, 1.82) is 0 Å². The minimum atomic E-state index is -0.223. The summed E-state index contributed by atoms with van der Waals surface area (Å²) in [5, 5.41) is 3.63. The number of hydrogen-bond acceptors (Lipinski definition) is 4. The maximum atomic E-state index is 12.7. The van der Waals surface area contributed by atoms with Crippen molar-refractivity contribution in [3.8, 4) is 0 Å². The molecule has 0 unspecified atom stereocenters. The molecule has 0 bridgehead atoms. The topological polar surface area (TPSA) is 78.1 Å². The van der Waals surface area contributed by atoms with Crippen LogP contribution in [0, 0.1) is 5.92 Å². The van der Waals surface area contributed by atoms with E-state index < -0.39 is 0 Å². The van der Waals surface area contributed by atoms with Gasteiger partial charge in [-0.25, -0.2) is 4.98 Å². The van der Waals surface area contributed by atoms with E-state index in [1.54, 1.807) is 6.07 Å². The van der Waals surface area contributed by atoms with Gasteiger partial charge in [0.1, 0.15) is 0 Å². The summed E-state index contributed by atoms with van der Waals surface area (Å²) >= 11 is 5.99. The van der Waals surface area contributed by atoms with E-state index in [0.717, 1.165) is 23.9 Å². The number of nitrogens with zero attached hydrogens (tertiary/aromatic N) is 2. The molecule has 1 atom stereocenters. The number of H-pyrrole nitrogens is 1. The first-order chi connectivity index (χ1) is 13.6. The van der Waals surface area contributed by atoms with E-state index >= 15 is 0 Å². The van der Waals surface area contributed by atoms with Gasteiger partial charge in [0, 0.05) is 24.7 Å². The zero-order valence-electron chi connectivity index (χ0n) is 15.3. The number of nitrogens with one attached hydrogen (secondary N) is 2. The molecular weight excluding hydrogens is 376 g/mol. The Balaban J connectivity index is 1.46.